The Morgan fingerprint density at radius 3 is 2.05 bits per heavy atom. The zero-order valence-corrected chi connectivity index (χ0v) is 11.6. The Balaban J connectivity index is 2.43. The molecule has 0 saturated heterocycles. The highest BCUT2D eigenvalue weighted by molar-refractivity contribution is 7.99. The highest BCUT2D eigenvalue weighted by Crippen LogP contribution is 2.36. The molecule has 0 aliphatic carbocycles. The minimum atomic E-state index is -1.12. The van der Waals surface area contributed by atoms with E-state index >= 15 is 0 Å². The van der Waals surface area contributed by atoms with Crippen molar-refractivity contribution in [3.05, 3.63) is 58.6 Å². The lowest BCUT2D eigenvalue weighted by Gasteiger charge is -2.08. The summed E-state index contributed by atoms with van der Waals surface area (Å²) in [6.07, 6.45) is 0. The van der Waals surface area contributed by atoms with E-state index in [0.29, 0.717) is 9.79 Å². The molecule has 2 aromatic rings. The van der Waals surface area contributed by atoms with Gasteiger partial charge in [-0.3, -0.25) is 0 Å². The Morgan fingerprint density at radius 1 is 0.850 bits per heavy atom. The van der Waals surface area contributed by atoms with Gasteiger partial charge in [-0.2, -0.15) is 0 Å². The van der Waals surface area contributed by atoms with Crippen LogP contribution in [0.15, 0.2) is 52.3 Å². The molecular formula is C14H9ClO4S. The fourth-order valence-corrected chi connectivity index (χ4v) is 2.92. The largest absolute Gasteiger partial charge is 0.478 e. The van der Waals surface area contributed by atoms with E-state index in [1.54, 1.807) is 30.3 Å². The molecule has 102 valence electrons. The van der Waals surface area contributed by atoms with Gasteiger partial charge >= 0.3 is 11.9 Å². The van der Waals surface area contributed by atoms with Crippen molar-refractivity contribution in [3.63, 3.8) is 0 Å². The highest BCUT2D eigenvalue weighted by atomic mass is 35.5. The van der Waals surface area contributed by atoms with Gasteiger partial charge in [-0.1, -0.05) is 41.6 Å². The van der Waals surface area contributed by atoms with Crippen LogP contribution in [0, 0.1) is 0 Å². The van der Waals surface area contributed by atoms with E-state index in [2.05, 4.69) is 0 Å². The molecule has 6 heteroatoms. The van der Waals surface area contributed by atoms with Gasteiger partial charge < -0.3 is 10.2 Å². The molecule has 0 spiro atoms. The van der Waals surface area contributed by atoms with Gasteiger partial charge in [0.05, 0.1) is 16.1 Å². The summed E-state index contributed by atoms with van der Waals surface area (Å²) < 4.78 is 0. The SMILES string of the molecule is O=C(O)c1ccccc1Sc1cccc(C(=O)O)c1Cl. The summed E-state index contributed by atoms with van der Waals surface area (Å²) in [4.78, 5) is 23.1. The molecule has 0 radical (unpaired) electrons. The molecular weight excluding hydrogens is 300 g/mol. The molecule has 0 aromatic heterocycles. The van der Waals surface area contributed by atoms with Crippen LogP contribution in [0.25, 0.3) is 0 Å². The normalized spacial score (nSPS) is 10.2. The molecule has 2 rings (SSSR count). The van der Waals surface area contributed by atoms with E-state index in [-0.39, 0.29) is 16.1 Å². The van der Waals surface area contributed by atoms with Gasteiger partial charge in [0.15, 0.2) is 0 Å². The lowest BCUT2D eigenvalue weighted by molar-refractivity contribution is 0.0683. The minimum absolute atomic E-state index is 0.00975. The molecule has 2 N–H and O–H groups in total. The average molecular weight is 309 g/mol. The molecule has 0 bridgehead atoms. The van der Waals surface area contributed by atoms with Gasteiger partial charge in [0, 0.05) is 9.79 Å². The Kier molecular flexibility index (Phi) is 4.32. The van der Waals surface area contributed by atoms with Crippen molar-refractivity contribution in [2.45, 2.75) is 9.79 Å². The number of carboxylic acid groups (broad SMARTS) is 2. The number of carbonyl (C=O) groups is 2. The zero-order valence-electron chi connectivity index (χ0n) is 10.0. The van der Waals surface area contributed by atoms with E-state index in [4.69, 9.17) is 21.8 Å². The van der Waals surface area contributed by atoms with E-state index in [1.807, 2.05) is 0 Å². The predicted octanol–water partition coefficient (Wildman–Crippen LogP) is 3.89. The second-order valence-electron chi connectivity index (χ2n) is 3.83. The van der Waals surface area contributed by atoms with Gasteiger partial charge in [-0.05, 0) is 24.3 Å². The Bertz CT molecular complexity index is 685. The summed E-state index contributed by atoms with van der Waals surface area (Å²) in [6, 6.07) is 11.1. The number of benzene rings is 2. The lowest BCUT2D eigenvalue weighted by atomic mass is 10.2. The Morgan fingerprint density at radius 2 is 1.40 bits per heavy atom. The van der Waals surface area contributed by atoms with Crippen molar-refractivity contribution >= 4 is 35.3 Å². The summed E-state index contributed by atoms with van der Waals surface area (Å²) in [6.45, 7) is 0. The number of hydrogen-bond acceptors (Lipinski definition) is 3. The third-order valence-electron chi connectivity index (χ3n) is 2.53. The van der Waals surface area contributed by atoms with Gasteiger partial charge in [0.2, 0.25) is 0 Å². The van der Waals surface area contributed by atoms with Crippen molar-refractivity contribution in [2.24, 2.45) is 0 Å². The standard InChI is InChI=1S/C14H9ClO4S/c15-12-9(14(18)19)5-3-7-11(12)20-10-6-2-1-4-8(10)13(16)17/h1-7H,(H,16,17)(H,18,19). The Labute approximate surface area is 124 Å². The van der Waals surface area contributed by atoms with E-state index in [9.17, 15) is 9.59 Å². The van der Waals surface area contributed by atoms with Crippen LogP contribution >= 0.6 is 23.4 Å². The summed E-state index contributed by atoms with van der Waals surface area (Å²) in [5.41, 5.74) is 0.138. The average Bonchev–Trinajstić information content (AvgIpc) is 2.41. The first-order valence-electron chi connectivity index (χ1n) is 5.52. The number of halogens is 1. The highest BCUT2D eigenvalue weighted by Gasteiger charge is 2.15. The molecule has 4 nitrogen and oxygen atoms in total. The maximum Gasteiger partial charge on any atom is 0.337 e. The fraction of sp³-hybridized carbons (Fsp3) is 0. The van der Waals surface area contributed by atoms with Crippen LogP contribution in [0.2, 0.25) is 5.02 Å². The fourth-order valence-electron chi connectivity index (χ4n) is 1.61. The molecule has 0 fully saturated rings. The molecule has 0 amide bonds. The van der Waals surface area contributed by atoms with Gasteiger partial charge in [0.1, 0.15) is 0 Å². The van der Waals surface area contributed by atoms with Gasteiger partial charge in [0.25, 0.3) is 0 Å². The third kappa shape index (κ3) is 2.95. The molecule has 0 aliphatic rings. The van der Waals surface area contributed by atoms with Crippen LogP contribution in [0.4, 0.5) is 0 Å². The minimum Gasteiger partial charge on any atom is -0.478 e. The summed E-state index contributed by atoms with van der Waals surface area (Å²) in [5.74, 6) is -2.16. The quantitative estimate of drug-likeness (QED) is 0.896. The van der Waals surface area contributed by atoms with E-state index in [1.165, 1.54) is 12.1 Å². The second-order valence-corrected chi connectivity index (χ2v) is 5.29. The maximum absolute atomic E-state index is 11.1. The number of aromatic carboxylic acids is 2. The monoisotopic (exact) mass is 308 g/mol. The number of rotatable bonds is 4. The first kappa shape index (κ1) is 14.4. The summed E-state index contributed by atoms with van der Waals surface area (Å²) >= 11 is 7.16. The number of carboxylic acids is 2. The van der Waals surface area contributed by atoms with Crippen LogP contribution in [0.1, 0.15) is 20.7 Å². The van der Waals surface area contributed by atoms with Crippen molar-refractivity contribution < 1.29 is 19.8 Å². The molecule has 0 saturated carbocycles. The summed E-state index contributed by atoms with van der Waals surface area (Å²) in [7, 11) is 0. The Hall–Kier alpha value is -1.98. The van der Waals surface area contributed by atoms with Crippen LogP contribution in [-0.2, 0) is 0 Å². The molecule has 0 unspecified atom stereocenters. The lowest BCUT2D eigenvalue weighted by Crippen LogP contribution is -1.99. The molecule has 0 atom stereocenters. The number of hydrogen-bond donors (Lipinski definition) is 2. The van der Waals surface area contributed by atoms with Crippen LogP contribution in [0.5, 0.6) is 0 Å². The van der Waals surface area contributed by atoms with E-state index < -0.39 is 11.9 Å². The first-order chi connectivity index (χ1) is 9.50. The van der Waals surface area contributed by atoms with Crippen LogP contribution in [0.3, 0.4) is 0 Å². The van der Waals surface area contributed by atoms with Crippen molar-refractivity contribution in [3.8, 4) is 0 Å². The van der Waals surface area contributed by atoms with Crippen LogP contribution in [-0.4, -0.2) is 22.2 Å². The third-order valence-corrected chi connectivity index (χ3v) is 4.19. The van der Waals surface area contributed by atoms with Gasteiger partial charge in [-0.15, -0.1) is 0 Å². The second kappa shape index (κ2) is 5.98. The van der Waals surface area contributed by atoms with Crippen molar-refractivity contribution in [1.29, 1.82) is 0 Å². The topological polar surface area (TPSA) is 74.6 Å². The zero-order chi connectivity index (χ0) is 14.7. The first-order valence-corrected chi connectivity index (χ1v) is 6.72. The predicted molar refractivity (Wildman–Crippen MR) is 75.9 cm³/mol. The molecule has 0 heterocycles. The van der Waals surface area contributed by atoms with Crippen molar-refractivity contribution in [2.75, 3.05) is 0 Å². The van der Waals surface area contributed by atoms with E-state index in [0.717, 1.165) is 11.8 Å². The van der Waals surface area contributed by atoms with Gasteiger partial charge in [-0.25, -0.2) is 9.59 Å². The van der Waals surface area contributed by atoms with Crippen molar-refractivity contribution in [1.82, 2.24) is 0 Å². The molecule has 2 aromatic carbocycles. The molecule has 20 heavy (non-hydrogen) atoms. The maximum atomic E-state index is 11.1. The van der Waals surface area contributed by atoms with Crippen LogP contribution < -0.4 is 0 Å². The summed E-state index contributed by atoms with van der Waals surface area (Å²) in [5, 5.41) is 18.2. The molecule has 0 aliphatic heterocycles. The smallest absolute Gasteiger partial charge is 0.337 e.